The molecule has 6 nitrogen and oxygen atoms in total. The molecule has 2 aromatic rings. The maximum absolute atomic E-state index is 5.71. The number of methoxy groups -OCH3 is 2. The van der Waals surface area contributed by atoms with Crippen molar-refractivity contribution in [2.45, 2.75) is 13.0 Å². The van der Waals surface area contributed by atoms with Crippen LogP contribution in [0.2, 0.25) is 0 Å². The van der Waals surface area contributed by atoms with Crippen LogP contribution >= 0.6 is 0 Å². The molecule has 1 aromatic heterocycles. The molecule has 3 rings (SSSR count). The molecule has 2 N–H and O–H groups in total. The van der Waals surface area contributed by atoms with E-state index >= 15 is 0 Å². The van der Waals surface area contributed by atoms with Crippen molar-refractivity contribution in [3.8, 4) is 11.5 Å². The first-order valence-corrected chi connectivity index (χ1v) is 6.77. The molecule has 0 radical (unpaired) electrons. The lowest BCUT2D eigenvalue weighted by Gasteiger charge is -2.30. The zero-order valence-electron chi connectivity index (χ0n) is 12.2. The van der Waals surface area contributed by atoms with Gasteiger partial charge in [0.05, 0.1) is 26.6 Å². The molecular formula is C15H18N4O2. The topological polar surface area (TPSA) is 73.5 Å². The second-order valence-corrected chi connectivity index (χ2v) is 4.95. The van der Waals surface area contributed by atoms with Crippen molar-refractivity contribution >= 4 is 11.6 Å². The van der Waals surface area contributed by atoms with Crippen molar-refractivity contribution in [3.05, 3.63) is 35.7 Å². The molecule has 6 heteroatoms. The van der Waals surface area contributed by atoms with Crippen molar-refractivity contribution in [1.29, 1.82) is 0 Å². The normalized spacial score (nSPS) is 13.7. The van der Waals surface area contributed by atoms with Crippen molar-refractivity contribution in [2.75, 3.05) is 31.4 Å². The smallest absolute Gasteiger partial charge is 0.161 e. The number of anilines is 2. The Morgan fingerprint density at radius 2 is 1.81 bits per heavy atom. The maximum Gasteiger partial charge on any atom is 0.161 e. The van der Waals surface area contributed by atoms with E-state index in [0.29, 0.717) is 5.82 Å². The van der Waals surface area contributed by atoms with Gasteiger partial charge in [-0.1, -0.05) is 0 Å². The Kier molecular flexibility index (Phi) is 3.51. The van der Waals surface area contributed by atoms with Gasteiger partial charge in [0.2, 0.25) is 0 Å². The molecule has 1 aliphatic heterocycles. The third kappa shape index (κ3) is 2.56. The molecule has 1 aromatic carbocycles. The number of hydrogen-bond donors (Lipinski definition) is 1. The summed E-state index contributed by atoms with van der Waals surface area (Å²) >= 11 is 0. The third-order valence-electron chi connectivity index (χ3n) is 3.68. The Bertz CT molecular complexity index is 660. The van der Waals surface area contributed by atoms with E-state index in [1.165, 1.54) is 11.1 Å². The molecule has 0 aliphatic carbocycles. The molecule has 0 unspecified atom stereocenters. The van der Waals surface area contributed by atoms with Crippen LogP contribution in [0.3, 0.4) is 0 Å². The molecule has 0 saturated heterocycles. The lowest BCUT2D eigenvalue weighted by Crippen LogP contribution is -2.31. The number of fused-ring (bicyclic) bond motifs is 1. The SMILES string of the molecule is COc1cc2c(cc1OC)CN(c1cncc(N)n1)CC2. The van der Waals surface area contributed by atoms with Crippen LogP contribution in [0.4, 0.5) is 11.6 Å². The number of benzene rings is 1. The first-order valence-electron chi connectivity index (χ1n) is 6.77. The highest BCUT2D eigenvalue weighted by molar-refractivity contribution is 5.52. The van der Waals surface area contributed by atoms with E-state index in [1.807, 2.05) is 6.07 Å². The van der Waals surface area contributed by atoms with Gasteiger partial charge in [0.25, 0.3) is 0 Å². The van der Waals surface area contributed by atoms with Crippen molar-refractivity contribution in [2.24, 2.45) is 0 Å². The highest BCUT2D eigenvalue weighted by atomic mass is 16.5. The van der Waals surface area contributed by atoms with Crippen LogP contribution in [0.1, 0.15) is 11.1 Å². The summed E-state index contributed by atoms with van der Waals surface area (Å²) in [6, 6.07) is 4.08. The second-order valence-electron chi connectivity index (χ2n) is 4.95. The summed E-state index contributed by atoms with van der Waals surface area (Å²) in [5, 5.41) is 0. The van der Waals surface area contributed by atoms with E-state index in [4.69, 9.17) is 15.2 Å². The highest BCUT2D eigenvalue weighted by Crippen LogP contribution is 2.34. The maximum atomic E-state index is 5.71. The predicted octanol–water partition coefficient (Wildman–Crippen LogP) is 1.64. The quantitative estimate of drug-likeness (QED) is 0.924. The van der Waals surface area contributed by atoms with Gasteiger partial charge in [-0.05, 0) is 29.7 Å². The molecule has 0 saturated carbocycles. The highest BCUT2D eigenvalue weighted by Gasteiger charge is 2.20. The van der Waals surface area contributed by atoms with Gasteiger partial charge in [-0.15, -0.1) is 0 Å². The first-order chi connectivity index (χ1) is 10.2. The van der Waals surface area contributed by atoms with Gasteiger partial charge in [-0.3, -0.25) is 4.98 Å². The average Bonchev–Trinajstić information content (AvgIpc) is 2.53. The van der Waals surface area contributed by atoms with E-state index in [2.05, 4.69) is 20.9 Å². The molecule has 21 heavy (non-hydrogen) atoms. The van der Waals surface area contributed by atoms with Gasteiger partial charge in [-0.2, -0.15) is 0 Å². The minimum atomic E-state index is 0.436. The van der Waals surface area contributed by atoms with Crippen LogP contribution in [0.25, 0.3) is 0 Å². The summed E-state index contributed by atoms with van der Waals surface area (Å²) in [6.45, 7) is 1.63. The Labute approximate surface area is 123 Å². The van der Waals surface area contributed by atoms with Crippen LogP contribution in [0.5, 0.6) is 11.5 Å². The summed E-state index contributed by atoms with van der Waals surface area (Å²) < 4.78 is 10.7. The number of nitrogens with zero attached hydrogens (tertiary/aromatic N) is 3. The lowest BCUT2D eigenvalue weighted by molar-refractivity contribution is 0.353. The van der Waals surface area contributed by atoms with Gasteiger partial charge in [0, 0.05) is 13.1 Å². The van der Waals surface area contributed by atoms with Gasteiger partial charge < -0.3 is 20.1 Å². The van der Waals surface area contributed by atoms with E-state index in [-0.39, 0.29) is 0 Å². The lowest BCUT2D eigenvalue weighted by atomic mass is 9.99. The Morgan fingerprint density at radius 1 is 1.10 bits per heavy atom. The van der Waals surface area contributed by atoms with Crippen LogP contribution in [0, 0.1) is 0 Å². The standard InChI is InChI=1S/C15H18N4O2/c1-20-12-5-10-3-4-19(9-11(10)6-13(12)21-2)15-8-17-7-14(16)18-15/h5-8H,3-4,9H2,1-2H3,(H2,16,18). The fourth-order valence-corrected chi connectivity index (χ4v) is 2.60. The van der Waals surface area contributed by atoms with E-state index in [9.17, 15) is 0 Å². The first kappa shape index (κ1) is 13.5. The fourth-order valence-electron chi connectivity index (χ4n) is 2.60. The van der Waals surface area contributed by atoms with E-state index in [1.54, 1.807) is 26.6 Å². The summed E-state index contributed by atoms with van der Waals surface area (Å²) in [5.41, 5.74) is 8.20. The van der Waals surface area contributed by atoms with E-state index in [0.717, 1.165) is 36.8 Å². The predicted molar refractivity (Wildman–Crippen MR) is 80.7 cm³/mol. The molecule has 110 valence electrons. The third-order valence-corrected chi connectivity index (χ3v) is 3.68. The molecular weight excluding hydrogens is 268 g/mol. The minimum Gasteiger partial charge on any atom is -0.493 e. The zero-order chi connectivity index (χ0) is 14.8. The van der Waals surface area contributed by atoms with Crippen LogP contribution in [-0.2, 0) is 13.0 Å². The van der Waals surface area contributed by atoms with Crippen LogP contribution in [0.15, 0.2) is 24.5 Å². The monoisotopic (exact) mass is 286 g/mol. The molecule has 1 aliphatic rings. The largest absolute Gasteiger partial charge is 0.493 e. The summed E-state index contributed by atoms with van der Waals surface area (Å²) in [5.74, 6) is 2.76. The zero-order valence-corrected chi connectivity index (χ0v) is 12.2. The Morgan fingerprint density at radius 3 is 2.48 bits per heavy atom. The minimum absolute atomic E-state index is 0.436. The van der Waals surface area contributed by atoms with Gasteiger partial charge >= 0.3 is 0 Å². The van der Waals surface area contributed by atoms with Crippen LogP contribution in [-0.4, -0.2) is 30.7 Å². The molecule has 0 fully saturated rings. The number of hydrogen-bond acceptors (Lipinski definition) is 6. The van der Waals surface area contributed by atoms with Crippen molar-refractivity contribution in [1.82, 2.24) is 9.97 Å². The summed E-state index contributed by atoms with van der Waals surface area (Å²) in [6.07, 6.45) is 4.21. The number of rotatable bonds is 3. The van der Waals surface area contributed by atoms with E-state index < -0.39 is 0 Å². The Hall–Kier alpha value is -2.50. The average molecular weight is 286 g/mol. The second kappa shape index (κ2) is 5.47. The molecule has 0 spiro atoms. The molecule has 2 heterocycles. The number of nitrogens with two attached hydrogens (primary N) is 1. The molecule has 0 amide bonds. The fraction of sp³-hybridized carbons (Fsp3) is 0.333. The summed E-state index contributed by atoms with van der Waals surface area (Å²) in [4.78, 5) is 10.6. The molecule has 0 atom stereocenters. The molecule has 0 bridgehead atoms. The van der Waals surface area contributed by atoms with Crippen molar-refractivity contribution in [3.63, 3.8) is 0 Å². The number of nitrogen functional groups attached to an aromatic ring is 1. The van der Waals surface area contributed by atoms with Crippen LogP contribution < -0.4 is 20.1 Å². The van der Waals surface area contributed by atoms with Gasteiger partial charge in [0.1, 0.15) is 11.6 Å². The number of ether oxygens (including phenoxy) is 2. The number of aromatic nitrogens is 2. The van der Waals surface area contributed by atoms with Gasteiger partial charge in [-0.25, -0.2) is 4.98 Å². The van der Waals surface area contributed by atoms with Gasteiger partial charge in [0.15, 0.2) is 11.5 Å². The Balaban J connectivity index is 1.91. The summed E-state index contributed by atoms with van der Waals surface area (Å²) in [7, 11) is 3.30. The van der Waals surface area contributed by atoms with Crippen molar-refractivity contribution < 1.29 is 9.47 Å².